The maximum absolute atomic E-state index is 11.8. The van der Waals surface area contributed by atoms with Crippen LogP contribution in [0.4, 0.5) is 5.69 Å². The first-order valence-corrected chi connectivity index (χ1v) is 9.13. The van der Waals surface area contributed by atoms with Crippen LogP contribution >= 0.6 is 0 Å². The van der Waals surface area contributed by atoms with Crippen molar-refractivity contribution < 1.29 is 9.53 Å². The summed E-state index contributed by atoms with van der Waals surface area (Å²) in [6.45, 7) is 4.77. The summed E-state index contributed by atoms with van der Waals surface area (Å²) in [5.41, 5.74) is 4.21. The van der Waals surface area contributed by atoms with Crippen LogP contribution in [0, 0.1) is 11.3 Å². The number of hydrogen-bond acceptors (Lipinski definition) is 3. The van der Waals surface area contributed by atoms with E-state index in [9.17, 15) is 10.1 Å². The molecule has 1 amide bonds. The van der Waals surface area contributed by atoms with Crippen LogP contribution in [0.25, 0.3) is 22.2 Å². The van der Waals surface area contributed by atoms with E-state index in [0.717, 1.165) is 46.6 Å². The molecule has 5 nitrogen and oxygen atoms in total. The molecule has 0 saturated carbocycles. The van der Waals surface area contributed by atoms with Gasteiger partial charge in [-0.3, -0.25) is 4.79 Å². The molecule has 0 bridgehead atoms. The Bertz CT molecular complexity index is 1010. The van der Waals surface area contributed by atoms with Crippen LogP contribution in [-0.4, -0.2) is 17.6 Å². The predicted octanol–water partition coefficient (Wildman–Crippen LogP) is 4.95. The van der Waals surface area contributed by atoms with Gasteiger partial charge >= 0.3 is 0 Å². The minimum absolute atomic E-state index is 0.0118. The van der Waals surface area contributed by atoms with E-state index in [4.69, 9.17) is 4.74 Å². The molecular weight excluding hydrogens is 338 g/mol. The number of hydrogen-bond donors (Lipinski definition) is 1. The number of carbonyl (C=O) groups is 1. The number of benzene rings is 2. The molecule has 1 heterocycles. The Morgan fingerprint density at radius 1 is 1.19 bits per heavy atom. The third-order valence-electron chi connectivity index (χ3n) is 4.62. The molecule has 0 aliphatic carbocycles. The van der Waals surface area contributed by atoms with Gasteiger partial charge in [0, 0.05) is 30.1 Å². The van der Waals surface area contributed by atoms with Crippen molar-refractivity contribution in [3.63, 3.8) is 0 Å². The van der Waals surface area contributed by atoms with Gasteiger partial charge in [0.2, 0.25) is 5.91 Å². The third kappa shape index (κ3) is 3.52. The average Bonchev–Trinajstić information content (AvgIpc) is 3.01. The Labute approximate surface area is 159 Å². The predicted molar refractivity (Wildman–Crippen MR) is 108 cm³/mol. The second kappa shape index (κ2) is 7.96. The molecule has 3 rings (SSSR count). The van der Waals surface area contributed by atoms with Gasteiger partial charge in [-0.25, -0.2) is 0 Å². The fourth-order valence-corrected chi connectivity index (χ4v) is 3.36. The van der Waals surface area contributed by atoms with Crippen LogP contribution in [-0.2, 0) is 11.3 Å². The van der Waals surface area contributed by atoms with E-state index in [-0.39, 0.29) is 5.91 Å². The van der Waals surface area contributed by atoms with Gasteiger partial charge in [-0.2, -0.15) is 5.26 Å². The Morgan fingerprint density at radius 2 is 1.93 bits per heavy atom. The van der Waals surface area contributed by atoms with Crippen LogP contribution in [0.2, 0.25) is 0 Å². The maximum Gasteiger partial charge on any atom is 0.224 e. The van der Waals surface area contributed by atoms with Gasteiger partial charge in [-0.05, 0) is 43.2 Å². The van der Waals surface area contributed by atoms with Crippen molar-refractivity contribution in [2.24, 2.45) is 0 Å². The highest BCUT2D eigenvalue weighted by molar-refractivity contribution is 5.96. The molecule has 2 aromatic carbocycles. The molecule has 0 atom stereocenters. The van der Waals surface area contributed by atoms with Gasteiger partial charge < -0.3 is 14.6 Å². The molecule has 1 N–H and O–H groups in total. The maximum atomic E-state index is 11.8. The monoisotopic (exact) mass is 361 g/mol. The lowest BCUT2D eigenvalue weighted by Gasteiger charge is -2.10. The van der Waals surface area contributed by atoms with E-state index >= 15 is 0 Å². The van der Waals surface area contributed by atoms with E-state index < -0.39 is 0 Å². The molecule has 0 spiro atoms. The summed E-state index contributed by atoms with van der Waals surface area (Å²) in [4.78, 5) is 11.8. The zero-order chi connectivity index (χ0) is 19.4. The number of anilines is 1. The van der Waals surface area contributed by atoms with Crippen molar-refractivity contribution in [2.45, 2.75) is 33.2 Å². The molecule has 0 aliphatic rings. The number of rotatable bonds is 6. The minimum Gasteiger partial charge on any atom is -0.497 e. The Morgan fingerprint density at radius 3 is 2.52 bits per heavy atom. The highest BCUT2D eigenvalue weighted by Crippen LogP contribution is 2.35. The molecule has 0 radical (unpaired) electrons. The molecule has 0 saturated heterocycles. The number of ether oxygens (including phenoxy) is 1. The highest BCUT2D eigenvalue weighted by atomic mass is 16.5. The number of aryl methyl sites for hydroxylation is 1. The first-order valence-electron chi connectivity index (χ1n) is 9.13. The van der Waals surface area contributed by atoms with Crippen molar-refractivity contribution in [1.82, 2.24) is 4.57 Å². The lowest BCUT2D eigenvalue weighted by molar-refractivity contribution is -0.116. The van der Waals surface area contributed by atoms with Crippen LogP contribution in [0.15, 0.2) is 42.5 Å². The lowest BCUT2D eigenvalue weighted by atomic mass is 10.1. The molecule has 3 aromatic rings. The summed E-state index contributed by atoms with van der Waals surface area (Å²) in [5, 5.41) is 13.6. The average molecular weight is 361 g/mol. The second-order valence-corrected chi connectivity index (χ2v) is 6.34. The van der Waals surface area contributed by atoms with E-state index in [1.807, 2.05) is 49.4 Å². The number of methoxy groups -OCH3 is 1. The molecule has 1 aromatic heterocycles. The summed E-state index contributed by atoms with van der Waals surface area (Å²) in [6.07, 6.45) is 1.32. The minimum atomic E-state index is 0.0118. The molecule has 138 valence electrons. The SMILES string of the molecule is CCCC(=O)Nc1ccc(-c2c(C#N)c3ccc(OC)cc3n2CC)cc1. The molecule has 27 heavy (non-hydrogen) atoms. The summed E-state index contributed by atoms with van der Waals surface area (Å²) < 4.78 is 7.47. The molecule has 0 fully saturated rings. The van der Waals surface area contributed by atoms with E-state index in [1.54, 1.807) is 7.11 Å². The van der Waals surface area contributed by atoms with Gasteiger partial charge in [0.05, 0.1) is 23.9 Å². The van der Waals surface area contributed by atoms with Gasteiger partial charge in [0.25, 0.3) is 0 Å². The van der Waals surface area contributed by atoms with Crippen molar-refractivity contribution >= 4 is 22.5 Å². The number of nitriles is 1. The fourth-order valence-electron chi connectivity index (χ4n) is 3.36. The first kappa shape index (κ1) is 18.5. The van der Waals surface area contributed by atoms with Gasteiger partial charge in [0.1, 0.15) is 11.8 Å². The molecule has 0 aliphatic heterocycles. The summed E-state index contributed by atoms with van der Waals surface area (Å²) >= 11 is 0. The number of nitrogens with zero attached hydrogens (tertiary/aromatic N) is 2. The summed E-state index contributed by atoms with van der Waals surface area (Å²) in [7, 11) is 1.64. The van der Waals surface area contributed by atoms with Crippen LogP contribution in [0.1, 0.15) is 32.3 Å². The zero-order valence-electron chi connectivity index (χ0n) is 15.9. The first-order chi connectivity index (χ1) is 13.1. The molecular formula is C22H23N3O2. The number of nitrogens with one attached hydrogen (secondary N) is 1. The Hall–Kier alpha value is -3.26. The largest absolute Gasteiger partial charge is 0.497 e. The number of fused-ring (bicyclic) bond motifs is 1. The Balaban J connectivity index is 2.08. The number of amides is 1. The molecule has 0 unspecified atom stereocenters. The third-order valence-corrected chi connectivity index (χ3v) is 4.62. The summed E-state index contributed by atoms with van der Waals surface area (Å²) in [5.74, 6) is 0.775. The van der Waals surface area contributed by atoms with Crippen LogP contribution in [0.3, 0.4) is 0 Å². The quantitative estimate of drug-likeness (QED) is 0.676. The van der Waals surface area contributed by atoms with E-state index in [2.05, 4.69) is 22.9 Å². The second-order valence-electron chi connectivity index (χ2n) is 6.34. The van der Waals surface area contributed by atoms with Crippen molar-refractivity contribution in [1.29, 1.82) is 5.26 Å². The van der Waals surface area contributed by atoms with Gasteiger partial charge in [0.15, 0.2) is 0 Å². The zero-order valence-corrected chi connectivity index (χ0v) is 15.9. The van der Waals surface area contributed by atoms with Crippen LogP contribution < -0.4 is 10.1 Å². The summed E-state index contributed by atoms with van der Waals surface area (Å²) in [6, 6.07) is 15.8. The normalized spacial score (nSPS) is 10.6. The van der Waals surface area contributed by atoms with Gasteiger partial charge in [-0.1, -0.05) is 19.1 Å². The van der Waals surface area contributed by atoms with Crippen LogP contribution in [0.5, 0.6) is 5.75 Å². The highest BCUT2D eigenvalue weighted by Gasteiger charge is 2.18. The van der Waals surface area contributed by atoms with E-state index in [0.29, 0.717) is 12.0 Å². The van der Waals surface area contributed by atoms with Crippen molar-refractivity contribution in [3.05, 3.63) is 48.0 Å². The number of carbonyl (C=O) groups excluding carboxylic acids is 1. The fraction of sp³-hybridized carbons (Fsp3) is 0.273. The standard InChI is InChI=1S/C22H23N3O2/c1-4-6-21(26)24-16-9-7-15(8-10-16)22-19(14-23)18-12-11-17(27-3)13-20(18)25(22)5-2/h7-13H,4-6H2,1-3H3,(H,24,26). The number of aromatic nitrogens is 1. The van der Waals surface area contributed by atoms with Crippen molar-refractivity contribution in [2.75, 3.05) is 12.4 Å². The van der Waals surface area contributed by atoms with Crippen molar-refractivity contribution in [3.8, 4) is 23.1 Å². The smallest absolute Gasteiger partial charge is 0.224 e. The van der Waals surface area contributed by atoms with Gasteiger partial charge in [-0.15, -0.1) is 0 Å². The van der Waals surface area contributed by atoms with E-state index in [1.165, 1.54) is 0 Å². The topological polar surface area (TPSA) is 67.1 Å². The Kier molecular flexibility index (Phi) is 5.46. The molecule has 5 heteroatoms. The lowest BCUT2D eigenvalue weighted by Crippen LogP contribution is -2.10.